The van der Waals surface area contributed by atoms with Crippen LogP contribution in [0.1, 0.15) is 11.1 Å². The number of hydrogen-bond donors (Lipinski definition) is 1. The Labute approximate surface area is 130 Å². The van der Waals surface area contributed by atoms with Crippen molar-refractivity contribution in [1.82, 2.24) is 0 Å². The molecule has 0 radical (unpaired) electrons. The third kappa shape index (κ3) is 4.38. The number of benzene rings is 2. The lowest BCUT2D eigenvalue weighted by atomic mass is 10.2. The predicted molar refractivity (Wildman–Crippen MR) is 79.1 cm³/mol. The van der Waals surface area contributed by atoms with Gasteiger partial charge in [-0.1, -0.05) is 35.9 Å². The molecule has 0 saturated carbocycles. The summed E-state index contributed by atoms with van der Waals surface area (Å²) in [5.74, 6) is -0.448. The Hall–Kier alpha value is -1.73. The first kappa shape index (κ1) is 16.6. The second-order valence-corrected chi connectivity index (χ2v) is 6.69. The summed E-state index contributed by atoms with van der Waals surface area (Å²) in [5, 5.41) is 0.441. The lowest BCUT2D eigenvalue weighted by molar-refractivity contribution is -0.136. The lowest BCUT2D eigenvalue weighted by Crippen LogP contribution is -2.18. The minimum atomic E-state index is -4.64. The van der Waals surface area contributed by atoms with Gasteiger partial charge in [0.1, 0.15) is 0 Å². The largest absolute Gasteiger partial charge is 0.418 e. The van der Waals surface area contributed by atoms with Crippen molar-refractivity contribution in [2.75, 3.05) is 4.72 Å². The van der Waals surface area contributed by atoms with Crippen LogP contribution in [0, 0.1) is 0 Å². The van der Waals surface area contributed by atoms with Crippen LogP contribution in [0.15, 0.2) is 48.5 Å². The van der Waals surface area contributed by atoms with E-state index in [9.17, 15) is 21.6 Å². The minimum absolute atomic E-state index is 0.418. The fraction of sp³-hybridized carbons (Fsp3) is 0.143. The van der Waals surface area contributed by atoms with Gasteiger partial charge < -0.3 is 0 Å². The number of para-hydroxylation sites is 1. The van der Waals surface area contributed by atoms with Gasteiger partial charge in [0.15, 0.2) is 0 Å². The SMILES string of the molecule is O=S(=O)(Cc1ccc(Cl)cc1)Nc1ccccc1C(F)(F)F. The van der Waals surface area contributed by atoms with Gasteiger partial charge in [0.25, 0.3) is 0 Å². The maximum Gasteiger partial charge on any atom is 0.418 e. The Morgan fingerprint density at radius 3 is 2.18 bits per heavy atom. The number of nitrogens with one attached hydrogen (secondary N) is 1. The Balaban J connectivity index is 2.24. The van der Waals surface area contributed by atoms with Crippen LogP contribution < -0.4 is 4.72 Å². The van der Waals surface area contributed by atoms with Crippen LogP contribution in [0.25, 0.3) is 0 Å². The fourth-order valence-electron chi connectivity index (χ4n) is 1.82. The van der Waals surface area contributed by atoms with E-state index in [1.807, 2.05) is 4.72 Å². The van der Waals surface area contributed by atoms with Crippen molar-refractivity contribution in [2.45, 2.75) is 11.9 Å². The summed E-state index contributed by atoms with van der Waals surface area (Å²) in [4.78, 5) is 0. The molecule has 0 fully saturated rings. The number of halogens is 4. The molecule has 0 atom stereocenters. The quantitative estimate of drug-likeness (QED) is 0.894. The molecule has 0 aliphatic rings. The third-order valence-corrected chi connectivity index (χ3v) is 4.26. The molecule has 0 saturated heterocycles. The smallest absolute Gasteiger partial charge is 0.283 e. The van der Waals surface area contributed by atoms with E-state index in [2.05, 4.69) is 0 Å². The minimum Gasteiger partial charge on any atom is -0.283 e. The van der Waals surface area contributed by atoms with E-state index in [0.29, 0.717) is 10.6 Å². The molecule has 2 rings (SSSR count). The van der Waals surface area contributed by atoms with E-state index in [1.165, 1.54) is 36.4 Å². The number of alkyl halides is 3. The van der Waals surface area contributed by atoms with E-state index < -0.39 is 33.2 Å². The van der Waals surface area contributed by atoms with E-state index >= 15 is 0 Å². The second-order valence-electron chi connectivity index (χ2n) is 4.53. The van der Waals surface area contributed by atoms with Crippen LogP contribution in [0.3, 0.4) is 0 Å². The van der Waals surface area contributed by atoms with Crippen LogP contribution in [0.4, 0.5) is 18.9 Å². The Bertz CT molecular complexity index is 758. The first-order valence-corrected chi connectivity index (χ1v) is 8.11. The van der Waals surface area contributed by atoms with E-state index in [0.717, 1.165) is 12.1 Å². The molecule has 0 bridgehead atoms. The van der Waals surface area contributed by atoms with Gasteiger partial charge in [-0.05, 0) is 29.8 Å². The van der Waals surface area contributed by atoms with Crippen molar-refractivity contribution < 1.29 is 21.6 Å². The van der Waals surface area contributed by atoms with Crippen molar-refractivity contribution in [1.29, 1.82) is 0 Å². The third-order valence-electron chi connectivity index (χ3n) is 2.77. The molecule has 2 aromatic rings. The van der Waals surface area contributed by atoms with Gasteiger partial charge in [-0.3, -0.25) is 4.72 Å². The van der Waals surface area contributed by atoms with Gasteiger partial charge in [-0.25, -0.2) is 8.42 Å². The Morgan fingerprint density at radius 2 is 1.59 bits per heavy atom. The van der Waals surface area contributed by atoms with Crippen molar-refractivity contribution in [3.8, 4) is 0 Å². The van der Waals surface area contributed by atoms with Crippen LogP contribution in [-0.2, 0) is 22.0 Å². The molecule has 1 N–H and O–H groups in total. The maximum atomic E-state index is 12.8. The standard InChI is InChI=1S/C14H11ClF3NO2S/c15-11-7-5-10(6-8-11)9-22(20,21)19-13-4-2-1-3-12(13)14(16,17)18/h1-8,19H,9H2. The summed E-state index contributed by atoms with van der Waals surface area (Å²) >= 11 is 5.69. The molecule has 8 heteroatoms. The molecule has 0 amide bonds. The summed E-state index contributed by atoms with van der Waals surface area (Å²) in [6.45, 7) is 0. The number of anilines is 1. The van der Waals surface area contributed by atoms with Gasteiger partial charge in [0.2, 0.25) is 10.0 Å². The molecule has 0 spiro atoms. The van der Waals surface area contributed by atoms with Crippen LogP contribution in [0.5, 0.6) is 0 Å². The highest BCUT2D eigenvalue weighted by Crippen LogP contribution is 2.35. The predicted octanol–water partition coefficient (Wildman–Crippen LogP) is 4.30. The second kappa shape index (κ2) is 6.18. The first-order chi connectivity index (χ1) is 10.2. The van der Waals surface area contributed by atoms with Gasteiger partial charge in [-0.2, -0.15) is 13.2 Å². The molecular formula is C14H11ClF3NO2S. The molecule has 2 aromatic carbocycles. The molecular weight excluding hydrogens is 339 g/mol. The highest BCUT2D eigenvalue weighted by atomic mass is 35.5. The number of sulfonamides is 1. The first-order valence-electron chi connectivity index (χ1n) is 6.08. The molecule has 0 heterocycles. The molecule has 3 nitrogen and oxygen atoms in total. The van der Waals surface area contributed by atoms with Crippen LogP contribution >= 0.6 is 11.6 Å². The fourth-order valence-corrected chi connectivity index (χ4v) is 3.17. The highest BCUT2D eigenvalue weighted by Gasteiger charge is 2.34. The zero-order valence-corrected chi connectivity index (χ0v) is 12.6. The Kier molecular flexibility index (Phi) is 4.67. The summed E-state index contributed by atoms with van der Waals surface area (Å²) in [6, 6.07) is 10.4. The molecule has 22 heavy (non-hydrogen) atoms. The van der Waals surface area contributed by atoms with Gasteiger partial charge >= 0.3 is 6.18 Å². The molecule has 0 aromatic heterocycles. The average Bonchev–Trinajstić information content (AvgIpc) is 2.40. The van der Waals surface area contributed by atoms with E-state index in [-0.39, 0.29) is 0 Å². The molecule has 0 aliphatic heterocycles. The zero-order chi connectivity index (χ0) is 16.4. The number of rotatable bonds is 4. The summed E-state index contributed by atoms with van der Waals surface area (Å²) in [7, 11) is -3.98. The van der Waals surface area contributed by atoms with Crippen molar-refractivity contribution in [3.63, 3.8) is 0 Å². The van der Waals surface area contributed by atoms with Crippen LogP contribution in [-0.4, -0.2) is 8.42 Å². The van der Waals surface area contributed by atoms with E-state index in [4.69, 9.17) is 11.6 Å². The monoisotopic (exact) mass is 349 g/mol. The Morgan fingerprint density at radius 1 is 1.00 bits per heavy atom. The average molecular weight is 350 g/mol. The molecule has 0 unspecified atom stereocenters. The van der Waals surface area contributed by atoms with Crippen molar-refractivity contribution in [2.24, 2.45) is 0 Å². The van der Waals surface area contributed by atoms with Gasteiger partial charge in [0, 0.05) is 5.02 Å². The highest BCUT2D eigenvalue weighted by molar-refractivity contribution is 7.91. The van der Waals surface area contributed by atoms with Crippen LogP contribution in [0.2, 0.25) is 5.02 Å². The normalized spacial score (nSPS) is 12.2. The van der Waals surface area contributed by atoms with Crippen molar-refractivity contribution >= 4 is 27.3 Å². The van der Waals surface area contributed by atoms with Crippen molar-refractivity contribution in [3.05, 3.63) is 64.7 Å². The zero-order valence-electron chi connectivity index (χ0n) is 11.1. The van der Waals surface area contributed by atoms with E-state index in [1.54, 1.807) is 0 Å². The maximum absolute atomic E-state index is 12.8. The summed E-state index contributed by atoms with van der Waals surface area (Å²) in [5.41, 5.74) is -1.11. The molecule has 0 aliphatic carbocycles. The molecule has 118 valence electrons. The van der Waals surface area contributed by atoms with Gasteiger partial charge in [-0.15, -0.1) is 0 Å². The summed E-state index contributed by atoms with van der Waals surface area (Å²) < 4.78 is 64.6. The summed E-state index contributed by atoms with van der Waals surface area (Å²) in [6.07, 6.45) is -4.64. The lowest BCUT2D eigenvalue weighted by Gasteiger charge is -2.14. The number of hydrogen-bond acceptors (Lipinski definition) is 2. The topological polar surface area (TPSA) is 46.2 Å². The van der Waals surface area contributed by atoms with Gasteiger partial charge in [0.05, 0.1) is 17.0 Å².